The Morgan fingerprint density at radius 1 is 1.14 bits per heavy atom. The van der Waals surface area contributed by atoms with Crippen molar-refractivity contribution in [1.29, 1.82) is 0 Å². The summed E-state index contributed by atoms with van der Waals surface area (Å²) in [5, 5.41) is 3.58. The molecule has 2 aromatic carbocycles. The number of nitrogens with one attached hydrogen (secondary N) is 1. The van der Waals surface area contributed by atoms with Crippen LogP contribution < -0.4 is 5.32 Å². The molecule has 1 N–H and O–H groups in total. The molecular formula is C22H24ClFN2O2S. The van der Waals surface area contributed by atoms with Gasteiger partial charge in [-0.25, -0.2) is 4.39 Å². The van der Waals surface area contributed by atoms with Gasteiger partial charge in [0.25, 0.3) is 5.91 Å². The lowest BCUT2D eigenvalue weighted by atomic mass is 9.96. The van der Waals surface area contributed by atoms with E-state index in [4.69, 9.17) is 11.6 Å². The van der Waals surface area contributed by atoms with E-state index in [-0.39, 0.29) is 23.5 Å². The van der Waals surface area contributed by atoms with Crippen molar-refractivity contribution in [2.75, 3.05) is 25.4 Å². The summed E-state index contributed by atoms with van der Waals surface area (Å²) in [6.45, 7) is 1.70. The number of carbonyl (C=O) groups excluding carboxylic acids is 2. The minimum Gasteiger partial charge on any atom is -0.356 e. The van der Waals surface area contributed by atoms with E-state index in [1.165, 1.54) is 12.1 Å². The van der Waals surface area contributed by atoms with Crippen LogP contribution >= 0.6 is 23.4 Å². The van der Waals surface area contributed by atoms with Crippen molar-refractivity contribution in [3.8, 4) is 0 Å². The van der Waals surface area contributed by atoms with Gasteiger partial charge in [-0.3, -0.25) is 9.59 Å². The third-order valence-corrected chi connectivity index (χ3v) is 6.22. The van der Waals surface area contributed by atoms with Crippen LogP contribution in [0, 0.1) is 11.7 Å². The molecule has 1 atom stereocenters. The molecule has 1 unspecified atom stereocenters. The summed E-state index contributed by atoms with van der Waals surface area (Å²) >= 11 is 7.52. The average Bonchev–Trinajstić information content (AvgIpc) is 2.75. The summed E-state index contributed by atoms with van der Waals surface area (Å²) < 4.78 is 12.9. The van der Waals surface area contributed by atoms with Crippen molar-refractivity contribution in [1.82, 2.24) is 10.2 Å². The van der Waals surface area contributed by atoms with Crippen molar-refractivity contribution in [3.05, 3.63) is 64.9 Å². The maximum Gasteiger partial charge on any atom is 0.253 e. The summed E-state index contributed by atoms with van der Waals surface area (Å²) in [7, 11) is 0. The molecule has 0 aliphatic carbocycles. The fourth-order valence-corrected chi connectivity index (χ4v) is 4.28. The summed E-state index contributed by atoms with van der Waals surface area (Å²) in [4.78, 5) is 27.9. The Hall–Kier alpha value is -2.05. The summed E-state index contributed by atoms with van der Waals surface area (Å²) in [5.74, 6) is 0.375. The van der Waals surface area contributed by atoms with Crippen LogP contribution in [-0.2, 0) is 4.79 Å². The van der Waals surface area contributed by atoms with E-state index in [0.717, 1.165) is 29.9 Å². The predicted molar refractivity (Wildman–Crippen MR) is 115 cm³/mol. The van der Waals surface area contributed by atoms with Gasteiger partial charge in [-0.2, -0.15) is 0 Å². The van der Waals surface area contributed by atoms with Gasteiger partial charge < -0.3 is 10.2 Å². The molecule has 0 bridgehead atoms. The molecule has 3 rings (SSSR count). The molecule has 1 heterocycles. The number of carbonyl (C=O) groups is 2. The molecular weight excluding hydrogens is 411 g/mol. The van der Waals surface area contributed by atoms with Gasteiger partial charge in [0, 0.05) is 35.1 Å². The van der Waals surface area contributed by atoms with Crippen molar-refractivity contribution in [2.45, 2.75) is 24.2 Å². The zero-order valence-electron chi connectivity index (χ0n) is 16.1. The number of nitrogens with zero attached hydrogens (tertiary/aromatic N) is 1. The number of hydrogen-bond donors (Lipinski definition) is 1. The molecule has 1 fully saturated rings. The molecule has 7 heteroatoms. The number of rotatable bonds is 7. The zero-order valence-corrected chi connectivity index (χ0v) is 17.6. The SMILES string of the molecule is O=C(NCCCSc1ccc(F)cc1)C1CCCN(C(=O)c2ccc(Cl)cc2)C1. The highest BCUT2D eigenvalue weighted by Crippen LogP contribution is 2.21. The van der Waals surface area contributed by atoms with E-state index in [0.29, 0.717) is 30.2 Å². The Kier molecular flexibility index (Phi) is 7.95. The average molecular weight is 435 g/mol. The maximum atomic E-state index is 12.9. The predicted octanol–water partition coefficient (Wildman–Crippen LogP) is 4.63. The van der Waals surface area contributed by atoms with Crippen LogP contribution in [0.2, 0.25) is 5.02 Å². The molecule has 0 radical (unpaired) electrons. The summed E-state index contributed by atoms with van der Waals surface area (Å²) in [6.07, 6.45) is 2.44. The molecule has 2 aromatic rings. The second kappa shape index (κ2) is 10.6. The normalized spacial score (nSPS) is 16.5. The van der Waals surface area contributed by atoms with Crippen LogP contribution in [0.4, 0.5) is 4.39 Å². The standard InChI is InChI=1S/C22H24ClFN2O2S/c23-18-6-4-16(5-7-18)22(28)26-13-1-3-17(15-26)21(27)25-12-2-14-29-20-10-8-19(24)9-11-20/h4-11,17H,1-3,12-15H2,(H,25,27). The number of amides is 2. The summed E-state index contributed by atoms with van der Waals surface area (Å²) in [5.41, 5.74) is 0.591. The fourth-order valence-electron chi connectivity index (χ4n) is 3.30. The highest BCUT2D eigenvalue weighted by Gasteiger charge is 2.28. The van der Waals surface area contributed by atoms with Crippen molar-refractivity contribution in [2.24, 2.45) is 5.92 Å². The number of hydrogen-bond acceptors (Lipinski definition) is 3. The lowest BCUT2D eigenvalue weighted by molar-refractivity contribution is -0.126. The van der Waals surface area contributed by atoms with Gasteiger partial charge in [-0.1, -0.05) is 11.6 Å². The Labute approximate surface area is 179 Å². The molecule has 4 nitrogen and oxygen atoms in total. The second-order valence-corrected chi connectivity index (χ2v) is 8.65. The smallest absolute Gasteiger partial charge is 0.253 e. The molecule has 1 saturated heterocycles. The van der Waals surface area contributed by atoms with Crippen LogP contribution in [0.1, 0.15) is 29.6 Å². The number of halogens is 2. The van der Waals surface area contributed by atoms with Crippen molar-refractivity contribution >= 4 is 35.2 Å². The fraction of sp³-hybridized carbons (Fsp3) is 0.364. The first-order chi connectivity index (χ1) is 14.0. The van der Waals surface area contributed by atoms with Crippen LogP contribution in [0.3, 0.4) is 0 Å². The molecule has 29 heavy (non-hydrogen) atoms. The van der Waals surface area contributed by atoms with Gasteiger partial charge in [0.2, 0.25) is 5.91 Å². The Bertz CT molecular complexity index is 830. The van der Waals surface area contributed by atoms with Crippen LogP contribution in [0.5, 0.6) is 0 Å². The minimum atomic E-state index is -0.238. The number of benzene rings is 2. The molecule has 0 aromatic heterocycles. The van der Waals surface area contributed by atoms with E-state index in [1.54, 1.807) is 53.1 Å². The third kappa shape index (κ3) is 6.47. The first kappa shape index (κ1) is 21.7. The number of likely N-dealkylation sites (tertiary alicyclic amines) is 1. The largest absolute Gasteiger partial charge is 0.356 e. The van der Waals surface area contributed by atoms with E-state index in [2.05, 4.69) is 5.32 Å². The van der Waals surface area contributed by atoms with E-state index in [1.807, 2.05) is 0 Å². The van der Waals surface area contributed by atoms with Gasteiger partial charge in [0.05, 0.1) is 5.92 Å². The quantitative estimate of drug-likeness (QED) is 0.510. The lowest BCUT2D eigenvalue weighted by Gasteiger charge is -2.32. The first-order valence-electron chi connectivity index (χ1n) is 9.74. The Balaban J connectivity index is 1.40. The van der Waals surface area contributed by atoms with Gasteiger partial charge in [0.1, 0.15) is 5.82 Å². The molecule has 154 valence electrons. The van der Waals surface area contributed by atoms with Crippen molar-refractivity contribution < 1.29 is 14.0 Å². The van der Waals surface area contributed by atoms with Crippen LogP contribution in [0.25, 0.3) is 0 Å². The monoisotopic (exact) mass is 434 g/mol. The van der Waals surface area contributed by atoms with Gasteiger partial charge in [0.15, 0.2) is 0 Å². The molecule has 1 aliphatic rings. The molecule has 0 spiro atoms. The first-order valence-corrected chi connectivity index (χ1v) is 11.1. The lowest BCUT2D eigenvalue weighted by Crippen LogP contribution is -2.45. The van der Waals surface area contributed by atoms with Crippen LogP contribution in [-0.4, -0.2) is 42.1 Å². The Morgan fingerprint density at radius 3 is 2.59 bits per heavy atom. The summed E-state index contributed by atoms with van der Waals surface area (Å²) in [6, 6.07) is 13.2. The van der Waals surface area contributed by atoms with E-state index >= 15 is 0 Å². The zero-order chi connectivity index (χ0) is 20.6. The number of piperidine rings is 1. The molecule has 0 saturated carbocycles. The van der Waals surface area contributed by atoms with E-state index < -0.39 is 0 Å². The topological polar surface area (TPSA) is 49.4 Å². The van der Waals surface area contributed by atoms with E-state index in [9.17, 15) is 14.0 Å². The third-order valence-electron chi connectivity index (χ3n) is 4.87. The molecule has 1 aliphatic heterocycles. The minimum absolute atomic E-state index is 0.00499. The molecule has 2 amide bonds. The maximum absolute atomic E-state index is 12.9. The highest BCUT2D eigenvalue weighted by atomic mass is 35.5. The van der Waals surface area contributed by atoms with Gasteiger partial charge in [-0.05, 0) is 73.5 Å². The Morgan fingerprint density at radius 2 is 1.86 bits per heavy atom. The highest BCUT2D eigenvalue weighted by molar-refractivity contribution is 7.99. The van der Waals surface area contributed by atoms with Gasteiger partial charge >= 0.3 is 0 Å². The number of thioether (sulfide) groups is 1. The van der Waals surface area contributed by atoms with Crippen LogP contribution in [0.15, 0.2) is 53.4 Å². The van der Waals surface area contributed by atoms with Crippen molar-refractivity contribution in [3.63, 3.8) is 0 Å². The van der Waals surface area contributed by atoms with Gasteiger partial charge in [-0.15, -0.1) is 11.8 Å². The second-order valence-electron chi connectivity index (χ2n) is 7.04.